The number of hydrogen-bond acceptors (Lipinski definition) is 2. The molecule has 0 fully saturated rings. The lowest BCUT2D eigenvalue weighted by atomic mass is 10.0. The number of carbonyl (C=O) groups is 2. The van der Waals surface area contributed by atoms with E-state index in [0.29, 0.717) is 11.4 Å². The van der Waals surface area contributed by atoms with Crippen LogP contribution in [0.4, 0.5) is 0 Å². The van der Waals surface area contributed by atoms with Gasteiger partial charge in [-0.1, -0.05) is 17.7 Å². The lowest BCUT2D eigenvalue weighted by molar-refractivity contribution is -0.149. The summed E-state index contributed by atoms with van der Waals surface area (Å²) in [5, 5.41) is 9.00. The molecule has 15 heavy (non-hydrogen) atoms. The zero-order valence-electron chi connectivity index (χ0n) is 8.29. The summed E-state index contributed by atoms with van der Waals surface area (Å²) in [5.74, 6) is -2.15. The molecule has 1 aromatic rings. The summed E-state index contributed by atoms with van der Waals surface area (Å²) in [7, 11) is 0. The fourth-order valence-corrected chi connectivity index (χ4v) is 1.46. The van der Waals surface area contributed by atoms with Gasteiger partial charge in [-0.25, -0.2) is 4.79 Å². The fourth-order valence-electron chi connectivity index (χ4n) is 1.26. The first-order chi connectivity index (χ1) is 7.00. The van der Waals surface area contributed by atoms with Crippen molar-refractivity contribution in [3.05, 3.63) is 34.3 Å². The lowest BCUT2D eigenvalue weighted by Gasteiger charge is -2.04. The summed E-state index contributed by atoms with van der Waals surface area (Å²) in [6.45, 7) is 1.90. The standard InChI is InChI=1S/C11H11ClO3/c1-7-2-4-9(12)6-8(7)3-5-10(13)11(14)15/h2,4,6H,3,5H2,1H3,(H,14,15). The van der Waals surface area contributed by atoms with Crippen molar-refractivity contribution in [2.45, 2.75) is 19.8 Å². The molecule has 0 amide bonds. The molecule has 0 aliphatic rings. The summed E-state index contributed by atoms with van der Waals surface area (Å²) >= 11 is 5.79. The van der Waals surface area contributed by atoms with Gasteiger partial charge < -0.3 is 5.11 Å². The van der Waals surface area contributed by atoms with Gasteiger partial charge in [-0.3, -0.25) is 4.79 Å². The van der Waals surface area contributed by atoms with Gasteiger partial charge in [0, 0.05) is 11.4 Å². The monoisotopic (exact) mass is 226 g/mol. The number of carboxylic acid groups (broad SMARTS) is 1. The van der Waals surface area contributed by atoms with Crippen molar-refractivity contribution in [3.8, 4) is 0 Å². The van der Waals surface area contributed by atoms with Crippen molar-refractivity contribution in [2.24, 2.45) is 0 Å². The normalized spacial score (nSPS) is 10.0. The Bertz CT molecular complexity index is 399. The van der Waals surface area contributed by atoms with Crippen LogP contribution in [0.15, 0.2) is 18.2 Å². The van der Waals surface area contributed by atoms with Crippen LogP contribution in [0.25, 0.3) is 0 Å². The first-order valence-corrected chi connectivity index (χ1v) is 4.89. The largest absolute Gasteiger partial charge is 0.476 e. The first-order valence-electron chi connectivity index (χ1n) is 4.52. The van der Waals surface area contributed by atoms with Gasteiger partial charge in [0.25, 0.3) is 0 Å². The molecule has 0 aliphatic carbocycles. The summed E-state index contributed by atoms with van der Waals surface area (Å²) in [6.07, 6.45) is 0.425. The highest BCUT2D eigenvalue weighted by atomic mass is 35.5. The third-order valence-corrected chi connectivity index (χ3v) is 2.41. The quantitative estimate of drug-likeness (QED) is 0.801. The first kappa shape index (κ1) is 11.7. The second-order valence-electron chi connectivity index (χ2n) is 3.30. The average molecular weight is 227 g/mol. The number of Topliss-reactive ketones (excluding diaryl/α,β-unsaturated/α-hetero) is 1. The van der Waals surface area contributed by atoms with Crippen LogP contribution in [0.2, 0.25) is 5.02 Å². The van der Waals surface area contributed by atoms with Gasteiger partial charge >= 0.3 is 5.97 Å². The van der Waals surface area contributed by atoms with Crippen molar-refractivity contribution in [2.75, 3.05) is 0 Å². The Labute approximate surface area is 92.7 Å². The molecule has 0 heterocycles. The number of aliphatic carboxylic acids is 1. The Kier molecular flexibility index (Phi) is 3.86. The number of halogens is 1. The molecule has 4 heteroatoms. The molecule has 0 aromatic heterocycles. The molecular formula is C11H11ClO3. The number of hydrogen-bond donors (Lipinski definition) is 1. The fraction of sp³-hybridized carbons (Fsp3) is 0.273. The van der Waals surface area contributed by atoms with Crippen LogP contribution >= 0.6 is 11.6 Å². The van der Waals surface area contributed by atoms with Crippen LogP contribution in [0, 0.1) is 6.92 Å². The van der Waals surface area contributed by atoms with Crippen LogP contribution < -0.4 is 0 Å². The number of rotatable bonds is 4. The van der Waals surface area contributed by atoms with Crippen molar-refractivity contribution in [1.29, 1.82) is 0 Å². The van der Waals surface area contributed by atoms with Gasteiger partial charge in [0.1, 0.15) is 0 Å². The SMILES string of the molecule is Cc1ccc(Cl)cc1CCC(=O)C(=O)O. The predicted molar refractivity (Wildman–Crippen MR) is 57.2 cm³/mol. The van der Waals surface area contributed by atoms with E-state index >= 15 is 0 Å². The van der Waals surface area contributed by atoms with E-state index in [1.54, 1.807) is 12.1 Å². The molecule has 0 saturated carbocycles. The van der Waals surface area contributed by atoms with Crippen LogP contribution in [-0.4, -0.2) is 16.9 Å². The topological polar surface area (TPSA) is 54.4 Å². The van der Waals surface area contributed by atoms with E-state index in [2.05, 4.69) is 0 Å². The molecule has 0 aliphatic heterocycles. The molecular weight excluding hydrogens is 216 g/mol. The minimum absolute atomic E-state index is 0.0104. The molecule has 80 valence electrons. The van der Waals surface area contributed by atoms with E-state index in [1.807, 2.05) is 13.0 Å². The maximum Gasteiger partial charge on any atom is 0.372 e. The third kappa shape index (κ3) is 3.36. The zero-order valence-corrected chi connectivity index (χ0v) is 9.04. The van der Waals surface area contributed by atoms with Crippen molar-refractivity contribution in [1.82, 2.24) is 0 Å². The minimum atomic E-state index is -1.38. The second kappa shape index (κ2) is 4.94. The van der Waals surface area contributed by atoms with Gasteiger partial charge in [-0.05, 0) is 36.6 Å². The van der Waals surface area contributed by atoms with Crippen molar-refractivity contribution in [3.63, 3.8) is 0 Å². The van der Waals surface area contributed by atoms with Crippen LogP contribution in [0.1, 0.15) is 17.5 Å². The Balaban J connectivity index is 2.69. The van der Waals surface area contributed by atoms with Crippen molar-refractivity contribution < 1.29 is 14.7 Å². The minimum Gasteiger partial charge on any atom is -0.476 e. The number of benzene rings is 1. The molecule has 0 bridgehead atoms. The summed E-state index contributed by atoms with van der Waals surface area (Å²) in [5.41, 5.74) is 1.93. The average Bonchev–Trinajstić information content (AvgIpc) is 2.18. The highest BCUT2D eigenvalue weighted by Gasteiger charge is 2.11. The lowest BCUT2D eigenvalue weighted by Crippen LogP contribution is -2.13. The highest BCUT2D eigenvalue weighted by Crippen LogP contribution is 2.16. The van der Waals surface area contributed by atoms with Gasteiger partial charge in [0.15, 0.2) is 0 Å². The Hall–Kier alpha value is -1.35. The van der Waals surface area contributed by atoms with E-state index in [9.17, 15) is 9.59 Å². The maximum absolute atomic E-state index is 10.9. The summed E-state index contributed by atoms with van der Waals surface area (Å²) in [6, 6.07) is 5.37. The predicted octanol–water partition coefficient (Wildman–Crippen LogP) is 2.23. The maximum atomic E-state index is 10.9. The van der Waals surface area contributed by atoms with Gasteiger partial charge in [0.05, 0.1) is 0 Å². The molecule has 0 radical (unpaired) electrons. The van der Waals surface area contributed by atoms with Crippen LogP contribution in [-0.2, 0) is 16.0 Å². The Morgan fingerprint density at radius 1 is 1.40 bits per heavy atom. The number of carboxylic acids is 1. The third-order valence-electron chi connectivity index (χ3n) is 2.17. The molecule has 0 atom stereocenters. The second-order valence-corrected chi connectivity index (χ2v) is 3.74. The zero-order chi connectivity index (χ0) is 11.4. The highest BCUT2D eigenvalue weighted by molar-refractivity contribution is 6.32. The van der Waals surface area contributed by atoms with E-state index in [4.69, 9.17) is 16.7 Å². The van der Waals surface area contributed by atoms with Gasteiger partial charge in [-0.15, -0.1) is 0 Å². The number of carbonyl (C=O) groups excluding carboxylic acids is 1. The van der Waals surface area contributed by atoms with E-state index < -0.39 is 11.8 Å². The van der Waals surface area contributed by atoms with Crippen LogP contribution in [0.3, 0.4) is 0 Å². The van der Waals surface area contributed by atoms with E-state index in [-0.39, 0.29) is 6.42 Å². The molecule has 0 unspecified atom stereocenters. The van der Waals surface area contributed by atoms with Gasteiger partial charge in [0.2, 0.25) is 5.78 Å². The molecule has 1 N–H and O–H groups in total. The van der Waals surface area contributed by atoms with Crippen molar-refractivity contribution >= 4 is 23.4 Å². The molecule has 1 rings (SSSR count). The molecule has 0 saturated heterocycles. The number of ketones is 1. The van der Waals surface area contributed by atoms with E-state index in [1.165, 1.54) is 0 Å². The van der Waals surface area contributed by atoms with Gasteiger partial charge in [-0.2, -0.15) is 0 Å². The smallest absolute Gasteiger partial charge is 0.372 e. The molecule has 3 nitrogen and oxygen atoms in total. The van der Waals surface area contributed by atoms with E-state index in [0.717, 1.165) is 11.1 Å². The Morgan fingerprint density at radius 2 is 2.07 bits per heavy atom. The summed E-state index contributed by atoms with van der Waals surface area (Å²) in [4.78, 5) is 21.2. The molecule has 1 aromatic carbocycles. The molecule has 0 spiro atoms. The summed E-state index contributed by atoms with van der Waals surface area (Å²) < 4.78 is 0. The van der Waals surface area contributed by atoms with Crippen LogP contribution in [0.5, 0.6) is 0 Å². The number of aryl methyl sites for hydroxylation is 2. The Morgan fingerprint density at radius 3 is 2.67 bits per heavy atom.